The Morgan fingerprint density at radius 2 is 1.89 bits per heavy atom. The molecule has 0 aromatic carbocycles. The van der Waals surface area contributed by atoms with Gasteiger partial charge < -0.3 is 9.84 Å². The van der Waals surface area contributed by atoms with Crippen LogP contribution in [0.1, 0.15) is 71.1 Å². The van der Waals surface area contributed by atoms with Gasteiger partial charge in [0.15, 0.2) is 0 Å². The topological polar surface area (TPSA) is 46.5 Å². The number of carboxylic acid groups (broad SMARTS) is 1. The first-order valence-corrected chi connectivity index (χ1v) is 7.95. The Kier molecular flexibility index (Phi) is 3.36. The Hall–Kier alpha value is -0.570. The lowest BCUT2D eigenvalue weighted by Gasteiger charge is -2.35. The zero-order chi connectivity index (χ0) is 13.5. The van der Waals surface area contributed by atoms with Crippen molar-refractivity contribution in [3.63, 3.8) is 0 Å². The van der Waals surface area contributed by atoms with Crippen LogP contribution in [0.2, 0.25) is 0 Å². The van der Waals surface area contributed by atoms with Gasteiger partial charge in [0.05, 0.1) is 17.1 Å². The normalized spacial score (nSPS) is 33.2. The standard InChI is InChI=1S/C16H26O3/c1-15(14(17)18,12-5-6-12)11-13-7-10-16(19-13)8-3-2-4-9-16/h12-13H,2-11H2,1H3,(H,17,18). The highest BCUT2D eigenvalue weighted by molar-refractivity contribution is 5.75. The highest BCUT2D eigenvalue weighted by atomic mass is 16.5. The maximum Gasteiger partial charge on any atom is 0.309 e. The van der Waals surface area contributed by atoms with Crippen LogP contribution >= 0.6 is 0 Å². The van der Waals surface area contributed by atoms with E-state index in [1.165, 1.54) is 32.1 Å². The van der Waals surface area contributed by atoms with E-state index >= 15 is 0 Å². The maximum atomic E-state index is 11.6. The number of rotatable bonds is 4. The Morgan fingerprint density at radius 3 is 2.47 bits per heavy atom. The highest BCUT2D eigenvalue weighted by Gasteiger charge is 2.51. The quantitative estimate of drug-likeness (QED) is 0.842. The van der Waals surface area contributed by atoms with Crippen LogP contribution in [0.25, 0.3) is 0 Å². The minimum atomic E-state index is -0.622. The number of carboxylic acids is 1. The highest BCUT2D eigenvalue weighted by Crippen LogP contribution is 2.51. The predicted molar refractivity (Wildman–Crippen MR) is 73.0 cm³/mol. The molecule has 0 amide bonds. The van der Waals surface area contributed by atoms with Gasteiger partial charge in [0.25, 0.3) is 0 Å². The fraction of sp³-hybridized carbons (Fsp3) is 0.938. The van der Waals surface area contributed by atoms with Crippen molar-refractivity contribution in [2.45, 2.75) is 82.8 Å². The Balaban J connectivity index is 1.63. The van der Waals surface area contributed by atoms with E-state index in [2.05, 4.69) is 0 Å². The fourth-order valence-corrected chi connectivity index (χ4v) is 4.23. The molecule has 2 unspecified atom stereocenters. The Labute approximate surface area is 115 Å². The number of ether oxygens (including phenoxy) is 1. The van der Waals surface area contributed by atoms with E-state index in [9.17, 15) is 9.90 Å². The van der Waals surface area contributed by atoms with Crippen molar-refractivity contribution in [2.24, 2.45) is 11.3 Å². The first kappa shape index (κ1) is 13.4. The van der Waals surface area contributed by atoms with Crippen molar-refractivity contribution in [2.75, 3.05) is 0 Å². The summed E-state index contributed by atoms with van der Waals surface area (Å²) in [7, 11) is 0. The predicted octanol–water partition coefficient (Wildman–Crippen LogP) is 3.76. The van der Waals surface area contributed by atoms with Crippen molar-refractivity contribution in [1.82, 2.24) is 0 Å². The lowest BCUT2D eigenvalue weighted by Crippen LogP contribution is -2.36. The van der Waals surface area contributed by atoms with Gasteiger partial charge in [0.1, 0.15) is 0 Å². The molecule has 2 atom stereocenters. The summed E-state index contributed by atoms with van der Waals surface area (Å²) in [5, 5.41) is 9.55. The summed E-state index contributed by atoms with van der Waals surface area (Å²) in [5.74, 6) is -0.236. The average Bonchev–Trinajstić information content (AvgIpc) is 3.17. The van der Waals surface area contributed by atoms with Crippen molar-refractivity contribution in [3.8, 4) is 0 Å². The summed E-state index contributed by atoms with van der Waals surface area (Å²) < 4.78 is 6.35. The third-order valence-corrected chi connectivity index (χ3v) is 5.72. The van der Waals surface area contributed by atoms with E-state index in [0.717, 1.165) is 32.1 Å². The monoisotopic (exact) mass is 266 g/mol. The van der Waals surface area contributed by atoms with Gasteiger partial charge in [-0.1, -0.05) is 19.3 Å². The van der Waals surface area contributed by atoms with Crippen LogP contribution in [0.4, 0.5) is 0 Å². The number of carbonyl (C=O) groups is 1. The molecule has 1 N–H and O–H groups in total. The number of aliphatic carboxylic acids is 1. The van der Waals surface area contributed by atoms with Gasteiger partial charge in [0.2, 0.25) is 0 Å². The first-order chi connectivity index (χ1) is 9.04. The summed E-state index contributed by atoms with van der Waals surface area (Å²) in [6, 6.07) is 0. The van der Waals surface area contributed by atoms with Crippen LogP contribution < -0.4 is 0 Å². The second-order valence-electron chi connectivity index (χ2n) is 7.22. The van der Waals surface area contributed by atoms with Gasteiger partial charge in [-0.3, -0.25) is 4.79 Å². The third-order valence-electron chi connectivity index (χ3n) is 5.72. The number of hydrogen-bond donors (Lipinski definition) is 1. The molecular weight excluding hydrogens is 240 g/mol. The SMILES string of the molecule is CC(CC1CCC2(CCCCC2)O1)(C(=O)O)C1CC1. The number of hydrogen-bond acceptors (Lipinski definition) is 2. The van der Waals surface area contributed by atoms with Crippen molar-refractivity contribution >= 4 is 5.97 Å². The molecule has 2 saturated carbocycles. The van der Waals surface area contributed by atoms with Gasteiger partial charge in [-0.05, 0) is 57.8 Å². The second-order valence-corrected chi connectivity index (χ2v) is 7.22. The lowest BCUT2D eigenvalue weighted by molar-refractivity contribution is -0.153. The smallest absolute Gasteiger partial charge is 0.309 e. The molecule has 0 aromatic heterocycles. The van der Waals surface area contributed by atoms with Gasteiger partial charge >= 0.3 is 5.97 Å². The molecule has 1 heterocycles. The summed E-state index contributed by atoms with van der Waals surface area (Å²) >= 11 is 0. The fourth-order valence-electron chi connectivity index (χ4n) is 4.23. The van der Waals surface area contributed by atoms with Crippen LogP contribution in [-0.4, -0.2) is 22.8 Å². The molecule has 108 valence electrons. The van der Waals surface area contributed by atoms with Crippen LogP contribution in [0.3, 0.4) is 0 Å². The minimum Gasteiger partial charge on any atom is -0.481 e. The van der Waals surface area contributed by atoms with E-state index in [-0.39, 0.29) is 11.7 Å². The molecule has 3 fully saturated rings. The third kappa shape index (κ3) is 2.54. The van der Waals surface area contributed by atoms with E-state index in [1.54, 1.807) is 0 Å². The molecule has 1 spiro atoms. The molecule has 3 nitrogen and oxygen atoms in total. The van der Waals surface area contributed by atoms with Crippen LogP contribution in [0, 0.1) is 11.3 Å². The van der Waals surface area contributed by atoms with Gasteiger partial charge in [-0.25, -0.2) is 0 Å². The maximum absolute atomic E-state index is 11.6. The van der Waals surface area contributed by atoms with E-state index in [1.807, 2.05) is 6.92 Å². The second kappa shape index (κ2) is 4.76. The Bertz CT molecular complexity index is 355. The molecule has 0 aromatic rings. The molecule has 3 rings (SSSR count). The minimum absolute atomic E-state index is 0.117. The molecule has 3 aliphatic rings. The molecule has 0 radical (unpaired) electrons. The summed E-state index contributed by atoms with van der Waals surface area (Å²) in [6.45, 7) is 1.93. The lowest BCUT2D eigenvalue weighted by atomic mass is 9.79. The van der Waals surface area contributed by atoms with Crippen LogP contribution in [0.15, 0.2) is 0 Å². The molecule has 3 heteroatoms. The van der Waals surface area contributed by atoms with Crippen molar-refractivity contribution < 1.29 is 14.6 Å². The van der Waals surface area contributed by atoms with Gasteiger partial charge in [-0.2, -0.15) is 0 Å². The zero-order valence-electron chi connectivity index (χ0n) is 12.0. The molecule has 2 aliphatic carbocycles. The summed E-state index contributed by atoms with van der Waals surface area (Å²) in [6.07, 6.45) is 11.6. The molecule has 1 saturated heterocycles. The summed E-state index contributed by atoms with van der Waals surface area (Å²) in [5.41, 5.74) is -0.434. The zero-order valence-corrected chi connectivity index (χ0v) is 12.0. The largest absolute Gasteiger partial charge is 0.481 e. The van der Waals surface area contributed by atoms with Crippen molar-refractivity contribution in [1.29, 1.82) is 0 Å². The van der Waals surface area contributed by atoms with Gasteiger partial charge in [0, 0.05) is 0 Å². The molecule has 0 bridgehead atoms. The average molecular weight is 266 g/mol. The molecular formula is C16H26O3. The van der Waals surface area contributed by atoms with E-state index < -0.39 is 11.4 Å². The van der Waals surface area contributed by atoms with E-state index in [4.69, 9.17) is 4.74 Å². The van der Waals surface area contributed by atoms with E-state index in [0.29, 0.717) is 5.92 Å². The van der Waals surface area contributed by atoms with Crippen LogP contribution in [0.5, 0.6) is 0 Å². The van der Waals surface area contributed by atoms with Gasteiger partial charge in [-0.15, -0.1) is 0 Å². The molecule has 1 aliphatic heterocycles. The van der Waals surface area contributed by atoms with Crippen molar-refractivity contribution in [3.05, 3.63) is 0 Å². The first-order valence-electron chi connectivity index (χ1n) is 7.95. The van der Waals surface area contributed by atoms with Crippen LogP contribution in [-0.2, 0) is 9.53 Å². The molecule has 19 heavy (non-hydrogen) atoms. The Morgan fingerprint density at radius 1 is 1.21 bits per heavy atom. The summed E-state index contributed by atoms with van der Waals surface area (Å²) in [4.78, 5) is 11.6.